The van der Waals surface area contributed by atoms with Crippen molar-refractivity contribution in [1.29, 1.82) is 0 Å². The van der Waals surface area contributed by atoms with Gasteiger partial charge in [-0.25, -0.2) is 0 Å². The molecule has 2 aromatic carbocycles. The molecular weight excluding hydrogens is 402 g/mol. The number of carbonyl (C=O) groups is 3. The van der Waals surface area contributed by atoms with Crippen molar-refractivity contribution in [2.45, 2.75) is 18.9 Å². The van der Waals surface area contributed by atoms with Gasteiger partial charge in [-0.3, -0.25) is 19.3 Å². The van der Waals surface area contributed by atoms with E-state index in [9.17, 15) is 14.4 Å². The molecule has 0 spiro atoms. The maximum atomic E-state index is 12.9. The number of halogens is 1. The molecule has 4 rings (SSSR count). The number of anilines is 1. The van der Waals surface area contributed by atoms with Crippen LogP contribution in [0.4, 0.5) is 5.69 Å². The molecule has 1 heterocycles. The molecule has 2 aromatic rings. The van der Waals surface area contributed by atoms with Gasteiger partial charge in [0.05, 0.1) is 0 Å². The van der Waals surface area contributed by atoms with Crippen molar-refractivity contribution in [2.24, 2.45) is 0 Å². The Morgan fingerprint density at radius 2 is 1.77 bits per heavy atom. The van der Waals surface area contributed by atoms with Gasteiger partial charge < -0.3 is 9.80 Å². The van der Waals surface area contributed by atoms with Crippen LogP contribution in [0.3, 0.4) is 0 Å². The molecule has 1 saturated carbocycles. The van der Waals surface area contributed by atoms with E-state index in [0.29, 0.717) is 10.7 Å². The van der Waals surface area contributed by atoms with Crippen LogP contribution in [0.1, 0.15) is 18.4 Å². The molecule has 2 aliphatic rings. The Bertz CT molecular complexity index is 971. The van der Waals surface area contributed by atoms with E-state index in [1.165, 1.54) is 11.0 Å². The van der Waals surface area contributed by atoms with Gasteiger partial charge in [-0.1, -0.05) is 41.9 Å². The summed E-state index contributed by atoms with van der Waals surface area (Å²) < 4.78 is 0. The van der Waals surface area contributed by atoms with Crippen molar-refractivity contribution in [1.82, 2.24) is 9.80 Å². The van der Waals surface area contributed by atoms with Gasteiger partial charge in [-0.05, 0) is 48.7 Å². The molecule has 1 aliphatic carbocycles. The second kappa shape index (κ2) is 8.71. The first-order valence-corrected chi connectivity index (χ1v) is 10.3. The highest BCUT2D eigenvalue weighted by atomic mass is 35.5. The summed E-state index contributed by atoms with van der Waals surface area (Å²) in [6, 6.07) is 16.6. The summed E-state index contributed by atoms with van der Waals surface area (Å²) in [5.74, 6) is -0.568. The summed E-state index contributed by atoms with van der Waals surface area (Å²) in [4.78, 5) is 42.6. The quantitative estimate of drug-likeness (QED) is 0.670. The van der Waals surface area contributed by atoms with Crippen LogP contribution in [0, 0.1) is 0 Å². The van der Waals surface area contributed by atoms with E-state index >= 15 is 0 Å². The number of amides is 3. The van der Waals surface area contributed by atoms with Crippen molar-refractivity contribution in [3.8, 4) is 0 Å². The summed E-state index contributed by atoms with van der Waals surface area (Å²) >= 11 is 5.91. The molecule has 7 heteroatoms. The van der Waals surface area contributed by atoms with Crippen molar-refractivity contribution in [3.05, 3.63) is 71.3 Å². The lowest BCUT2D eigenvalue weighted by molar-refractivity contribution is -0.138. The van der Waals surface area contributed by atoms with Crippen molar-refractivity contribution in [3.63, 3.8) is 0 Å². The van der Waals surface area contributed by atoms with E-state index in [4.69, 9.17) is 11.6 Å². The number of benzene rings is 2. The zero-order chi connectivity index (χ0) is 21.1. The minimum absolute atomic E-state index is 0.00795. The highest BCUT2D eigenvalue weighted by molar-refractivity contribution is 6.30. The van der Waals surface area contributed by atoms with Crippen LogP contribution in [0.5, 0.6) is 0 Å². The third-order valence-corrected chi connectivity index (χ3v) is 5.48. The lowest BCUT2D eigenvalue weighted by Gasteiger charge is -2.24. The molecule has 6 nitrogen and oxygen atoms in total. The number of nitrogens with zero attached hydrogens (tertiary/aromatic N) is 3. The third kappa shape index (κ3) is 4.71. The highest BCUT2D eigenvalue weighted by Gasteiger charge is 2.37. The standard InChI is InChI=1S/C23H22ClN3O3/c24-18-7-9-20(10-8-18)27-16-25(14-23(27)30)22(29)15-26(19-11-12-19)21(28)13-6-17-4-2-1-3-5-17/h1-10,13,19H,11-12,14-16H2. The van der Waals surface area contributed by atoms with Crippen molar-refractivity contribution >= 4 is 41.1 Å². The topological polar surface area (TPSA) is 60.9 Å². The highest BCUT2D eigenvalue weighted by Crippen LogP contribution is 2.28. The molecule has 30 heavy (non-hydrogen) atoms. The van der Waals surface area contributed by atoms with E-state index < -0.39 is 0 Å². The van der Waals surface area contributed by atoms with E-state index in [1.807, 2.05) is 30.3 Å². The van der Waals surface area contributed by atoms with Gasteiger partial charge in [0, 0.05) is 22.8 Å². The molecule has 0 radical (unpaired) electrons. The first kappa shape index (κ1) is 20.2. The second-order valence-electron chi connectivity index (χ2n) is 7.47. The van der Waals surface area contributed by atoms with Crippen LogP contribution in [0.2, 0.25) is 5.02 Å². The van der Waals surface area contributed by atoms with E-state index in [0.717, 1.165) is 18.4 Å². The van der Waals surface area contributed by atoms with Gasteiger partial charge in [0.15, 0.2) is 0 Å². The molecule has 154 valence electrons. The van der Waals surface area contributed by atoms with Crippen LogP contribution in [0.25, 0.3) is 6.08 Å². The molecule has 0 bridgehead atoms. The van der Waals surface area contributed by atoms with Crippen LogP contribution in [-0.4, -0.2) is 53.3 Å². The Morgan fingerprint density at radius 3 is 2.43 bits per heavy atom. The lowest BCUT2D eigenvalue weighted by atomic mass is 10.2. The van der Waals surface area contributed by atoms with Gasteiger partial charge in [0.1, 0.15) is 19.8 Å². The molecule has 0 N–H and O–H groups in total. The fraction of sp³-hybridized carbons (Fsp3) is 0.261. The fourth-order valence-corrected chi connectivity index (χ4v) is 3.53. The number of rotatable bonds is 6. The molecular formula is C23H22ClN3O3. The molecule has 1 saturated heterocycles. The molecule has 3 amide bonds. The number of hydrogen-bond donors (Lipinski definition) is 0. The molecule has 0 atom stereocenters. The van der Waals surface area contributed by atoms with Crippen LogP contribution in [-0.2, 0) is 14.4 Å². The summed E-state index contributed by atoms with van der Waals surface area (Å²) in [6.45, 7) is 0.157. The van der Waals surface area contributed by atoms with Crippen LogP contribution >= 0.6 is 11.6 Å². The Kier molecular flexibility index (Phi) is 5.86. The Balaban J connectivity index is 1.40. The summed E-state index contributed by atoms with van der Waals surface area (Å²) in [5.41, 5.74) is 1.62. The minimum atomic E-state index is -0.229. The van der Waals surface area contributed by atoms with Gasteiger partial charge in [-0.15, -0.1) is 0 Å². The molecule has 1 aliphatic heterocycles. The van der Waals surface area contributed by atoms with Crippen molar-refractivity contribution in [2.75, 3.05) is 24.7 Å². The predicted octanol–water partition coefficient (Wildman–Crippen LogP) is 3.18. The maximum Gasteiger partial charge on any atom is 0.248 e. The summed E-state index contributed by atoms with van der Waals surface area (Å²) in [5, 5.41) is 0.584. The molecule has 0 aromatic heterocycles. The van der Waals surface area contributed by atoms with Gasteiger partial charge in [0.25, 0.3) is 0 Å². The third-order valence-electron chi connectivity index (χ3n) is 5.22. The normalized spacial score (nSPS) is 16.4. The first-order chi connectivity index (χ1) is 14.5. The molecule has 2 fully saturated rings. The summed E-state index contributed by atoms with van der Waals surface area (Å²) in [6.07, 6.45) is 5.06. The lowest BCUT2D eigenvalue weighted by Crippen LogP contribution is -2.43. The maximum absolute atomic E-state index is 12.9. The number of hydrogen-bond acceptors (Lipinski definition) is 3. The zero-order valence-corrected chi connectivity index (χ0v) is 17.2. The monoisotopic (exact) mass is 423 g/mol. The average molecular weight is 424 g/mol. The van der Waals surface area contributed by atoms with Gasteiger partial charge in [-0.2, -0.15) is 0 Å². The Hall–Kier alpha value is -3.12. The van der Waals surface area contributed by atoms with Gasteiger partial charge >= 0.3 is 0 Å². The Labute approximate surface area is 180 Å². The van der Waals surface area contributed by atoms with Crippen LogP contribution in [0.15, 0.2) is 60.7 Å². The SMILES string of the molecule is O=C(CN(C(=O)C=Cc1ccccc1)C1CC1)N1CC(=O)N(c2ccc(Cl)cc2)C1. The predicted molar refractivity (Wildman–Crippen MR) is 116 cm³/mol. The van der Waals surface area contributed by atoms with E-state index in [-0.39, 0.29) is 43.5 Å². The van der Waals surface area contributed by atoms with E-state index in [2.05, 4.69) is 0 Å². The largest absolute Gasteiger partial charge is 0.327 e. The Morgan fingerprint density at radius 1 is 1.07 bits per heavy atom. The van der Waals surface area contributed by atoms with Crippen LogP contribution < -0.4 is 4.90 Å². The van der Waals surface area contributed by atoms with E-state index in [1.54, 1.807) is 40.1 Å². The first-order valence-electron chi connectivity index (χ1n) is 9.89. The number of carbonyl (C=O) groups excluding carboxylic acids is 3. The zero-order valence-electron chi connectivity index (χ0n) is 16.4. The van der Waals surface area contributed by atoms with Gasteiger partial charge in [0.2, 0.25) is 17.7 Å². The second-order valence-corrected chi connectivity index (χ2v) is 7.91. The smallest absolute Gasteiger partial charge is 0.248 e. The minimum Gasteiger partial charge on any atom is -0.327 e. The fourth-order valence-electron chi connectivity index (χ4n) is 3.41. The molecule has 0 unspecified atom stereocenters. The summed E-state index contributed by atoms with van der Waals surface area (Å²) in [7, 11) is 0. The van der Waals surface area contributed by atoms with Crippen molar-refractivity contribution < 1.29 is 14.4 Å². The average Bonchev–Trinajstić information content (AvgIpc) is 3.52.